The first-order valence-electron chi connectivity index (χ1n) is 9.67. The number of Topliss-reactive ketones (excluding diaryl/α,β-unsaturated/α-hetero) is 1. The molecule has 0 aliphatic carbocycles. The molecule has 0 fully saturated rings. The van der Waals surface area contributed by atoms with Crippen LogP contribution in [0.4, 0.5) is 5.13 Å². The van der Waals surface area contributed by atoms with Gasteiger partial charge in [0.15, 0.2) is 16.7 Å². The molecule has 1 aliphatic rings. The summed E-state index contributed by atoms with van der Waals surface area (Å²) in [7, 11) is 0. The SMILES string of the molecule is CCOc1ccc2nc(N3C(=O)C(O)=C(C(=O)C(C)C)C3c3ccccn3)sc2c1. The van der Waals surface area contributed by atoms with Crippen LogP contribution in [0, 0.1) is 5.92 Å². The number of carbonyl (C=O) groups excluding carboxylic acids is 2. The molecule has 0 bridgehead atoms. The van der Waals surface area contributed by atoms with Crippen molar-refractivity contribution in [1.82, 2.24) is 9.97 Å². The molecule has 1 amide bonds. The maximum atomic E-state index is 13.1. The van der Waals surface area contributed by atoms with Crippen LogP contribution in [0.15, 0.2) is 53.9 Å². The van der Waals surface area contributed by atoms with Gasteiger partial charge < -0.3 is 9.84 Å². The Labute approximate surface area is 177 Å². The fraction of sp³-hybridized carbons (Fsp3) is 0.273. The minimum atomic E-state index is -0.833. The molecule has 154 valence electrons. The normalized spacial score (nSPS) is 16.7. The third-order valence-corrected chi connectivity index (χ3v) is 5.85. The number of pyridine rings is 1. The zero-order chi connectivity index (χ0) is 21.4. The van der Waals surface area contributed by atoms with Crippen molar-refractivity contribution in [3.05, 3.63) is 59.6 Å². The lowest BCUT2D eigenvalue weighted by molar-refractivity contribution is -0.119. The second-order valence-electron chi connectivity index (χ2n) is 7.17. The third-order valence-electron chi connectivity index (χ3n) is 4.83. The number of aromatic nitrogens is 2. The summed E-state index contributed by atoms with van der Waals surface area (Å²) < 4.78 is 6.39. The largest absolute Gasteiger partial charge is 0.503 e. The summed E-state index contributed by atoms with van der Waals surface area (Å²) in [5.74, 6) is -1.16. The number of nitrogens with zero attached hydrogens (tertiary/aromatic N) is 3. The molecule has 3 aromatic rings. The highest BCUT2D eigenvalue weighted by molar-refractivity contribution is 7.22. The molecular formula is C22H21N3O4S. The lowest BCUT2D eigenvalue weighted by atomic mass is 9.94. The van der Waals surface area contributed by atoms with Crippen molar-refractivity contribution in [3.8, 4) is 5.75 Å². The number of fused-ring (bicyclic) bond motifs is 1. The van der Waals surface area contributed by atoms with E-state index in [-0.39, 0.29) is 17.3 Å². The maximum absolute atomic E-state index is 13.1. The Morgan fingerprint density at radius 3 is 2.77 bits per heavy atom. The van der Waals surface area contributed by atoms with Gasteiger partial charge in [0, 0.05) is 12.1 Å². The highest BCUT2D eigenvalue weighted by atomic mass is 32.1. The number of benzene rings is 1. The van der Waals surface area contributed by atoms with E-state index in [0.29, 0.717) is 28.7 Å². The standard InChI is InChI=1S/C22H21N3O4S/c1-4-29-13-8-9-14-16(11-13)30-22(24-14)25-18(15-7-5-6-10-23-15)17(19(26)12(2)3)20(27)21(25)28/h5-12,18,27H,4H2,1-3H3. The van der Waals surface area contributed by atoms with Crippen molar-refractivity contribution in [3.63, 3.8) is 0 Å². The summed E-state index contributed by atoms with van der Waals surface area (Å²) in [6, 6.07) is 9.95. The van der Waals surface area contributed by atoms with Crippen LogP contribution in [-0.2, 0) is 9.59 Å². The number of thiazole rings is 1. The van der Waals surface area contributed by atoms with Gasteiger partial charge in [-0.1, -0.05) is 31.3 Å². The Balaban J connectivity index is 1.85. The molecular weight excluding hydrogens is 402 g/mol. The fourth-order valence-corrected chi connectivity index (χ4v) is 4.46. The van der Waals surface area contributed by atoms with E-state index in [9.17, 15) is 14.7 Å². The van der Waals surface area contributed by atoms with Gasteiger partial charge in [0.1, 0.15) is 11.8 Å². The molecule has 0 saturated carbocycles. The van der Waals surface area contributed by atoms with E-state index in [4.69, 9.17) is 4.74 Å². The predicted octanol–water partition coefficient (Wildman–Crippen LogP) is 4.22. The molecule has 0 spiro atoms. The summed E-state index contributed by atoms with van der Waals surface area (Å²) in [5, 5.41) is 11.0. The Morgan fingerprint density at radius 1 is 1.30 bits per heavy atom. The lowest BCUT2D eigenvalue weighted by Gasteiger charge is -2.24. The minimum absolute atomic E-state index is 0.0583. The van der Waals surface area contributed by atoms with E-state index in [0.717, 1.165) is 4.70 Å². The summed E-state index contributed by atoms with van der Waals surface area (Å²) in [5.41, 5.74) is 1.25. The van der Waals surface area contributed by atoms with Gasteiger partial charge in [0.25, 0.3) is 5.91 Å². The van der Waals surface area contributed by atoms with E-state index in [1.165, 1.54) is 16.2 Å². The molecule has 0 saturated heterocycles. The van der Waals surface area contributed by atoms with Gasteiger partial charge in [0.2, 0.25) is 0 Å². The minimum Gasteiger partial charge on any atom is -0.503 e. The molecule has 4 rings (SSSR count). The Bertz CT molecular complexity index is 1150. The molecule has 1 aromatic carbocycles. The second kappa shape index (κ2) is 7.87. The van der Waals surface area contributed by atoms with Crippen molar-refractivity contribution < 1.29 is 19.4 Å². The number of carbonyl (C=O) groups is 2. The molecule has 0 radical (unpaired) electrons. The molecule has 1 N–H and O–H groups in total. The molecule has 8 heteroatoms. The highest BCUT2D eigenvalue weighted by Gasteiger charge is 2.46. The number of ether oxygens (including phenoxy) is 1. The van der Waals surface area contributed by atoms with E-state index in [2.05, 4.69) is 9.97 Å². The number of rotatable bonds is 6. The predicted molar refractivity (Wildman–Crippen MR) is 115 cm³/mol. The van der Waals surface area contributed by atoms with Gasteiger partial charge in [-0.3, -0.25) is 19.5 Å². The van der Waals surface area contributed by atoms with Crippen LogP contribution in [0.3, 0.4) is 0 Å². The Kier molecular flexibility index (Phi) is 5.26. The van der Waals surface area contributed by atoms with Gasteiger partial charge in [-0.05, 0) is 37.3 Å². The number of amides is 1. The van der Waals surface area contributed by atoms with Crippen molar-refractivity contribution in [2.24, 2.45) is 5.92 Å². The van der Waals surface area contributed by atoms with Crippen molar-refractivity contribution in [2.45, 2.75) is 26.8 Å². The fourth-order valence-electron chi connectivity index (χ4n) is 3.44. The molecule has 3 heterocycles. The highest BCUT2D eigenvalue weighted by Crippen LogP contribution is 2.43. The van der Waals surface area contributed by atoms with Gasteiger partial charge in [0.05, 0.1) is 28.1 Å². The number of aliphatic hydroxyl groups is 1. The van der Waals surface area contributed by atoms with Gasteiger partial charge in [-0.2, -0.15) is 0 Å². The number of aliphatic hydroxyl groups excluding tert-OH is 1. The van der Waals surface area contributed by atoms with Crippen LogP contribution in [0.1, 0.15) is 32.5 Å². The first-order chi connectivity index (χ1) is 14.4. The quantitative estimate of drug-likeness (QED) is 0.638. The Hall–Kier alpha value is -3.26. The van der Waals surface area contributed by atoms with Crippen LogP contribution in [0.25, 0.3) is 10.2 Å². The molecule has 7 nitrogen and oxygen atoms in total. The first kappa shape index (κ1) is 20.0. The molecule has 30 heavy (non-hydrogen) atoms. The van der Waals surface area contributed by atoms with Crippen molar-refractivity contribution >= 4 is 38.4 Å². The topological polar surface area (TPSA) is 92.6 Å². The number of anilines is 1. The van der Waals surface area contributed by atoms with E-state index >= 15 is 0 Å². The zero-order valence-electron chi connectivity index (χ0n) is 16.8. The van der Waals surface area contributed by atoms with Gasteiger partial charge in [-0.25, -0.2) is 4.98 Å². The summed E-state index contributed by atoms with van der Waals surface area (Å²) in [6.45, 7) is 5.92. The zero-order valence-corrected chi connectivity index (χ0v) is 17.6. The molecule has 1 unspecified atom stereocenters. The van der Waals surface area contributed by atoms with Crippen LogP contribution >= 0.6 is 11.3 Å². The van der Waals surface area contributed by atoms with Crippen molar-refractivity contribution in [1.29, 1.82) is 0 Å². The van der Waals surface area contributed by atoms with E-state index in [1.807, 2.05) is 25.1 Å². The van der Waals surface area contributed by atoms with Crippen LogP contribution in [0.2, 0.25) is 0 Å². The lowest BCUT2D eigenvalue weighted by Crippen LogP contribution is -2.31. The van der Waals surface area contributed by atoms with Gasteiger partial charge >= 0.3 is 0 Å². The van der Waals surface area contributed by atoms with Crippen LogP contribution in [-0.4, -0.2) is 33.4 Å². The smallest absolute Gasteiger partial charge is 0.296 e. The summed E-state index contributed by atoms with van der Waals surface area (Å²) in [4.78, 5) is 36.2. The average Bonchev–Trinajstić information content (AvgIpc) is 3.26. The van der Waals surface area contributed by atoms with Crippen LogP contribution in [0.5, 0.6) is 5.75 Å². The number of hydrogen-bond donors (Lipinski definition) is 1. The van der Waals surface area contributed by atoms with Crippen LogP contribution < -0.4 is 9.64 Å². The summed E-state index contributed by atoms with van der Waals surface area (Å²) >= 11 is 1.30. The first-order valence-corrected chi connectivity index (χ1v) is 10.5. The molecule has 1 atom stereocenters. The second-order valence-corrected chi connectivity index (χ2v) is 8.18. The number of hydrogen-bond acceptors (Lipinski definition) is 7. The van der Waals surface area contributed by atoms with E-state index in [1.54, 1.807) is 38.2 Å². The number of ketones is 1. The molecule has 1 aliphatic heterocycles. The molecule has 2 aromatic heterocycles. The monoisotopic (exact) mass is 423 g/mol. The summed E-state index contributed by atoms with van der Waals surface area (Å²) in [6.07, 6.45) is 1.59. The maximum Gasteiger partial charge on any atom is 0.296 e. The Morgan fingerprint density at radius 2 is 2.10 bits per heavy atom. The van der Waals surface area contributed by atoms with Gasteiger partial charge in [-0.15, -0.1) is 0 Å². The average molecular weight is 423 g/mol. The van der Waals surface area contributed by atoms with E-state index < -0.39 is 17.7 Å². The van der Waals surface area contributed by atoms with Crippen molar-refractivity contribution in [2.75, 3.05) is 11.5 Å². The third kappa shape index (κ3) is 3.33.